The molecule has 1 unspecified atom stereocenters. The van der Waals surface area contributed by atoms with E-state index in [9.17, 15) is 31.1 Å². The number of rotatable bonds is 4. The van der Waals surface area contributed by atoms with Crippen molar-refractivity contribution in [2.24, 2.45) is 0 Å². The fourth-order valence-electron chi connectivity index (χ4n) is 1.46. The number of carbonyl (C=O) groups excluding carboxylic acids is 1. The average molecular weight is 278 g/mol. The summed E-state index contributed by atoms with van der Waals surface area (Å²) < 4.78 is 73.0. The zero-order valence-corrected chi connectivity index (χ0v) is 9.37. The lowest BCUT2D eigenvalue weighted by atomic mass is 10.2. The maximum atomic E-state index is 12.5. The second-order valence-corrected chi connectivity index (χ2v) is 4.28. The third-order valence-corrected chi connectivity index (χ3v) is 2.64. The standard InChI is InChI=1S/C9H12F6N2O/c1-5(6(18)16-4-8(10,11)12)17-7(2-3-7)9(13,14)15/h5,17H,2-4H2,1H3,(H,16,18). The predicted octanol–water partition coefficient (Wildman–Crippen LogP) is 1.74. The zero-order valence-electron chi connectivity index (χ0n) is 9.37. The van der Waals surface area contributed by atoms with Crippen molar-refractivity contribution in [1.82, 2.24) is 10.6 Å². The largest absolute Gasteiger partial charge is 0.406 e. The molecule has 1 aliphatic rings. The highest BCUT2D eigenvalue weighted by molar-refractivity contribution is 5.81. The number of amides is 1. The third kappa shape index (κ3) is 3.76. The lowest BCUT2D eigenvalue weighted by molar-refractivity contribution is -0.169. The van der Waals surface area contributed by atoms with Crippen molar-refractivity contribution in [1.29, 1.82) is 0 Å². The van der Waals surface area contributed by atoms with Crippen molar-refractivity contribution in [2.45, 2.75) is 43.7 Å². The molecule has 0 aromatic carbocycles. The Hall–Kier alpha value is -0.990. The summed E-state index contributed by atoms with van der Waals surface area (Å²) in [5.41, 5.74) is -2.12. The summed E-state index contributed by atoms with van der Waals surface area (Å²) >= 11 is 0. The SMILES string of the molecule is CC(NC1(C(F)(F)F)CC1)C(=O)NCC(F)(F)F. The van der Waals surface area contributed by atoms with Crippen LogP contribution in [-0.2, 0) is 4.79 Å². The molecule has 1 aliphatic carbocycles. The molecule has 0 heterocycles. The summed E-state index contributed by atoms with van der Waals surface area (Å²) in [6.07, 6.45) is -9.44. The fraction of sp³-hybridized carbons (Fsp3) is 0.889. The second kappa shape index (κ2) is 4.60. The Labute approximate surface area is 98.9 Å². The van der Waals surface area contributed by atoms with Crippen LogP contribution in [0.4, 0.5) is 26.3 Å². The number of nitrogens with one attached hydrogen (secondary N) is 2. The summed E-state index contributed by atoms with van der Waals surface area (Å²) in [6.45, 7) is -0.464. The van der Waals surface area contributed by atoms with Gasteiger partial charge in [-0.2, -0.15) is 26.3 Å². The maximum absolute atomic E-state index is 12.5. The van der Waals surface area contributed by atoms with E-state index in [1.807, 2.05) is 5.32 Å². The van der Waals surface area contributed by atoms with Gasteiger partial charge in [-0.05, 0) is 19.8 Å². The smallest absolute Gasteiger partial charge is 0.346 e. The molecule has 1 rings (SSSR count). The van der Waals surface area contributed by atoms with Crippen molar-refractivity contribution in [2.75, 3.05) is 6.54 Å². The lowest BCUT2D eigenvalue weighted by Gasteiger charge is -2.24. The van der Waals surface area contributed by atoms with Gasteiger partial charge in [-0.3, -0.25) is 10.1 Å². The van der Waals surface area contributed by atoms with Crippen LogP contribution in [-0.4, -0.2) is 36.4 Å². The van der Waals surface area contributed by atoms with Gasteiger partial charge in [0.2, 0.25) is 5.91 Å². The Morgan fingerprint density at radius 3 is 2.06 bits per heavy atom. The highest BCUT2D eigenvalue weighted by Crippen LogP contribution is 2.49. The monoisotopic (exact) mass is 278 g/mol. The second-order valence-electron chi connectivity index (χ2n) is 4.28. The molecule has 0 saturated heterocycles. The van der Waals surface area contributed by atoms with E-state index >= 15 is 0 Å². The molecular formula is C9H12F6N2O. The van der Waals surface area contributed by atoms with Gasteiger partial charge in [-0.25, -0.2) is 0 Å². The molecule has 1 atom stereocenters. The van der Waals surface area contributed by atoms with E-state index in [-0.39, 0.29) is 12.8 Å². The number of hydrogen-bond acceptors (Lipinski definition) is 2. The van der Waals surface area contributed by atoms with Crippen molar-refractivity contribution >= 4 is 5.91 Å². The van der Waals surface area contributed by atoms with E-state index in [2.05, 4.69) is 0 Å². The van der Waals surface area contributed by atoms with Crippen LogP contribution >= 0.6 is 0 Å². The molecule has 1 fully saturated rings. The fourth-order valence-corrected chi connectivity index (χ4v) is 1.46. The highest BCUT2D eigenvalue weighted by Gasteiger charge is 2.63. The first kappa shape index (κ1) is 15.1. The molecule has 3 nitrogen and oxygen atoms in total. The first-order valence-corrected chi connectivity index (χ1v) is 5.16. The van der Waals surface area contributed by atoms with Gasteiger partial charge < -0.3 is 5.32 Å². The number of halogens is 6. The van der Waals surface area contributed by atoms with Crippen LogP contribution in [0.25, 0.3) is 0 Å². The Bertz CT molecular complexity index is 320. The van der Waals surface area contributed by atoms with Gasteiger partial charge in [-0.1, -0.05) is 0 Å². The molecular weight excluding hydrogens is 266 g/mol. The summed E-state index contributed by atoms with van der Waals surface area (Å²) in [6, 6.07) is -1.34. The normalized spacial score (nSPS) is 20.4. The molecule has 1 amide bonds. The summed E-state index contributed by atoms with van der Waals surface area (Å²) in [5.74, 6) is -1.11. The van der Waals surface area contributed by atoms with Crippen LogP contribution in [0.5, 0.6) is 0 Å². The minimum absolute atomic E-state index is 0.173. The van der Waals surface area contributed by atoms with E-state index < -0.39 is 36.4 Å². The van der Waals surface area contributed by atoms with Crippen molar-refractivity contribution in [3.05, 3.63) is 0 Å². The molecule has 1 saturated carbocycles. The van der Waals surface area contributed by atoms with Crippen LogP contribution in [0.15, 0.2) is 0 Å². The van der Waals surface area contributed by atoms with E-state index in [1.165, 1.54) is 5.32 Å². The predicted molar refractivity (Wildman–Crippen MR) is 49.7 cm³/mol. The Morgan fingerprint density at radius 2 is 1.72 bits per heavy atom. The average Bonchev–Trinajstić information content (AvgIpc) is 2.92. The molecule has 0 aromatic heterocycles. The van der Waals surface area contributed by atoms with Gasteiger partial charge in [0, 0.05) is 0 Å². The summed E-state index contributed by atoms with van der Waals surface area (Å²) in [4.78, 5) is 11.2. The van der Waals surface area contributed by atoms with Crippen molar-refractivity contribution in [3.63, 3.8) is 0 Å². The van der Waals surface area contributed by atoms with Crippen LogP contribution in [0.2, 0.25) is 0 Å². The number of hydrogen-bond donors (Lipinski definition) is 2. The minimum atomic E-state index is -4.59. The Morgan fingerprint density at radius 1 is 1.22 bits per heavy atom. The summed E-state index contributed by atoms with van der Waals surface area (Å²) in [7, 11) is 0. The van der Waals surface area contributed by atoms with Crippen LogP contribution in [0.3, 0.4) is 0 Å². The molecule has 0 aliphatic heterocycles. The Balaban J connectivity index is 2.46. The first-order valence-electron chi connectivity index (χ1n) is 5.16. The molecule has 2 N–H and O–H groups in total. The first-order chi connectivity index (χ1) is 7.97. The minimum Gasteiger partial charge on any atom is -0.346 e. The van der Waals surface area contributed by atoms with E-state index in [0.717, 1.165) is 6.92 Å². The molecule has 0 bridgehead atoms. The van der Waals surface area contributed by atoms with Gasteiger partial charge in [0.1, 0.15) is 12.1 Å². The van der Waals surface area contributed by atoms with Crippen LogP contribution in [0.1, 0.15) is 19.8 Å². The van der Waals surface area contributed by atoms with Gasteiger partial charge in [0.25, 0.3) is 0 Å². The number of alkyl halides is 6. The van der Waals surface area contributed by atoms with E-state index in [1.54, 1.807) is 0 Å². The maximum Gasteiger partial charge on any atom is 0.406 e. The third-order valence-electron chi connectivity index (χ3n) is 2.64. The van der Waals surface area contributed by atoms with Gasteiger partial charge in [0.05, 0.1) is 6.04 Å². The van der Waals surface area contributed by atoms with Crippen molar-refractivity contribution < 1.29 is 31.1 Å². The van der Waals surface area contributed by atoms with E-state index in [0.29, 0.717) is 0 Å². The van der Waals surface area contributed by atoms with Gasteiger partial charge in [-0.15, -0.1) is 0 Å². The van der Waals surface area contributed by atoms with Crippen LogP contribution in [0, 0.1) is 0 Å². The molecule has 0 radical (unpaired) electrons. The van der Waals surface area contributed by atoms with Gasteiger partial charge >= 0.3 is 12.4 Å². The highest BCUT2D eigenvalue weighted by atomic mass is 19.4. The topological polar surface area (TPSA) is 41.1 Å². The van der Waals surface area contributed by atoms with Gasteiger partial charge in [0.15, 0.2) is 0 Å². The molecule has 0 aromatic rings. The molecule has 106 valence electrons. The van der Waals surface area contributed by atoms with Crippen molar-refractivity contribution in [3.8, 4) is 0 Å². The number of carbonyl (C=O) groups is 1. The van der Waals surface area contributed by atoms with Crippen LogP contribution < -0.4 is 10.6 Å². The lowest BCUT2D eigenvalue weighted by Crippen LogP contribution is -2.54. The molecule has 18 heavy (non-hydrogen) atoms. The Kier molecular flexibility index (Phi) is 3.85. The summed E-state index contributed by atoms with van der Waals surface area (Å²) in [5, 5.41) is 3.57. The molecule has 9 heteroatoms. The quantitative estimate of drug-likeness (QED) is 0.769. The zero-order chi connectivity index (χ0) is 14.2. The molecule has 0 spiro atoms. The van der Waals surface area contributed by atoms with E-state index in [4.69, 9.17) is 0 Å².